The van der Waals surface area contributed by atoms with Crippen LogP contribution in [0, 0.1) is 5.92 Å². The number of ether oxygens (including phenoxy) is 1. The Kier molecular flexibility index (Phi) is 4.40. The molecule has 2 saturated heterocycles. The summed E-state index contributed by atoms with van der Waals surface area (Å²) >= 11 is 0. The van der Waals surface area contributed by atoms with Crippen molar-refractivity contribution in [3.8, 4) is 0 Å². The molecule has 0 bridgehead atoms. The van der Waals surface area contributed by atoms with Crippen molar-refractivity contribution in [3.63, 3.8) is 0 Å². The number of likely N-dealkylation sites (tertiary alicyclic amines) is 1. The first-order valence-electron chi connectivity index (χ1n) is 10.4. The van der Waals surface area contributed by atoms with Gasteiger partial charge in [0.05, 0.1) is 17.2 Å². The lowest BCUT2D eigenvalue weighted by molar-refractivity contribution is 0.00578. The van der Waals surface area contributed by atoms with Crippen LogP contribution in [0.15, 0.2) is 18.2 Å². The third-order valence-electron chi connectivity index (χ3n) is 6.65. The highest BCUT2D eigenvalue weighted by Crippen LogP contribution is 2.47. The van der Waals surface area contributed by atoms with Crippen LogP contribution in [0.3, 0.4) is 0 Å². The van der Waals surface area contributed by atoms with Crippen molar-refractivity contribution in [2.45, 2.75) is 84.2 Å². The van der Waals surface area contributed by atoms with E-state index in [0.717, 1.165) is 24.8 Å². The zero-order valence-corrected chi connectivity index (χ0v) is 18.2. The minimum atomic E-state index is -0.485. The van der Waals surface area contributed by atoms with Gasteiger partial charge in [-0.05, 0) is 83.8 Å². The predicted molar refractivity (Wildman–Crippen MR) is 110 cm³/mol. The van der Waals surface area contributed by atoms with Gasteiger partial charge < -0.3 is 18.9 Å². The molecule has 1 aliphatic carbocycles. The number of hydrogen-bond donors (Lipinski definition) is 0. The van der Waals surface area contributed by atoms with E-state index in [4.69, 9.17) is 14.0 Å². The maximum absolute atomic E-state index is 12.8. The second kappa shape index (κ2) is 6.23. The number of carbonyl (C=O) groups is 1. The quantitative estimate of drug-likeness (QED) is 0.690. The van der Waals surface area contributed by atoms with Crippen LogP contribution < -0.4 is 5.46 Å². The minimum Gasteiger partial charge on any atom is -0.444 e. The maximum atomic E-state index is 12.8. The van der Waals surface area contributed by atoms with Gasteiger partial charge in [0.15, 0.2) is 0 Å². The Morgan fingerprint density at radius 3 is 2.43 bits per heavy atom. The lowest BCUT2D eigenvalue weighted by Crippen LogP contribution is -2.41. The summed E-state index contributed by atoms with van der Waals surface area (Å²) in [5.74, 6) is 0.469. The van der Waals surface area contributed by atoms with Crippen LogP contribution >= 0.6 is 0 Å². The van der Waals surface area contributed by atoms with Gasteiger partial charge in [0.2, 0.25) is 0 Å². The molecule has 5 nitrogen and oxygen atoms in total. The minimum absolute atomic E-state index is 0.0900. The summed E-state index contributed by atoms with van der Waals surface area (Å²) in [6.45, 7) is 14.8. The molecule has 28 heavy (non-hydrogen) atoms. The van der Waals surface area contributed by atoms with Crippen molar-refractivity contribution in [2.75, 3.05) is 6.54 Å². The van der Waals surface area contributed by atoms with Crippen molar-refractivity contribution < 1.29 is 18.8 Å². The zero-order valence-electron chi connectivity index (χ0n) is 18.2. The topological polar surface area (TPSA) is 48.0 Å². The molecule has 2 aliphatic heterocycles. The standard InChI is InChI=1S/C22H32BNO4/c1-20(2,3)26-19(25)24-11-10-15-12-14-8-9-16(13-17(14)18(15)24)23-27-21(4,5)22(6,7)28-23/h8-9,13,15,18H,10-12H2,1-7H3. The van der Waals surface area contributed by atoms with Crippen molar-refractivity contribution in [1.82, 2.24) is 4.90 Å². The molecule has 6 heteroatoms. The summed E-state index contributed by atoms with van der Waals surface area (Å²) < 4.78 is 18.1. The number of rotatable bonds is 1. The third kappa shape index (κ3) is 3.24. The van der Waals surface area contributed by atoms with Crippen molar-refractivity contribution >= 4 is 18.7 Å². The molecule has 1 amide bonds. The van der Waals surface area contributed by atoms with Gasteiger partial charge in [-0.15, -0.1) is 0 Å². The first-order chi connectivity index (χ1) is 12.9. The molecule has 2 unspecified atom stereocenters. The second-order valence-electron chi connectivity index (χ2n) is 10.4. The molecule has 2 fully saturated rings. The largest absolute Gasteiger partial charge is 0.494 e. The van der Waals surface area contributed by atoms with Gasteiger partial charge in [-0.2, -0.15) is 0 Å². The highest BCUT2D eigenvalue weighted by atomic mass is 16.7. The van der Waals surface area contributed by atoms with E-state index in [1.807, 2.05) is 25.7 Å². The number of carbonyl (C=O) groups excluding carboxylic acids is 1. The Balaban J connectivity index is 1.61. The summed E-state index contributed by atoms with van der Waals surface area (Å²) in [5, 5.41) is 0. The number of hydrogen-bond acceptors (Lipinski definition) is 4. The molecule has 0 aromatic heterocycles. The molecular weight excluding hydrogens is 353 g/mol. The summed E-state index contributed by atoms with van der Waals surface area (Å²) in [4.78, 5) is 14.7. The molecule has 4 rings (SSSR count). The Bertz CT molecular complexity index is 782. The molecule has 0 radical (unpaired) electrons. The Morgan fingerprint density at radius 2 is 1.82 bits per heavy atom. The van der Waals surface area contributed by atoms with Crippen LogP contribution in [0.5, 0.6) is 0 Å². The molecule has 0 spiro atoms. The van der Waals surface area contributed by atoms with Gasteiger partial charge in [-0.25, -0.2) is 4.79 Å². The van der Waals surface area contributed by atoms with Crippen molar-refractivity contribution in [2.24, 2.45) is 5.92 Å². The SMILES string of the molecule is CC(C)(C)OC(=O)N1CCC2Cc3ccc(B4OC(C)(C)C(C)(C)O4)cc3C21. The fraction of sp³-hybridized carbons (Fsp3) is 0.682. The number of amides is 1. The monoisotopic (exact) mass is 385 g/mol. The molecule has 0 saturated carbocycles. The van der Waals surface area contributed by atoms with E-state index in [1.54, 1.807) is 0 Å². The van der Waals surface area contributed by atoms with E-state index in [9.17, 15) is 4.79 Å². The molecule has 152 valence electrons. The van der Waals surface area contributed by atoms with Gasteiger partial charge in [0, 0.05) is 6.54 Å². The molecule has 1 aromatic carbocycles. The van der Waals surface area contributed by atoms with Gasteiger partial charge >= 0.3 is 13.2 Å². The highest BCUT2D eigenvalue weighted by Gasteiger charge is 2.52. The van der Waals surface area contributed by atoms with Crippen LogP contribution in [0.4, 0.5) is 4.79 Å². The molecule has 2 atom stereocenters. The van der Waals surface area contributed by atoms with Gasteiger partial charge in [-0.3, -0.25) is 0 Å². The molecule has 2 heterocycles. The smallest absolute Gasteiger partial charge is 0.444 e. The van der Waals surface area contributed by atoms with Gasteiger partial charge in [0.25, 0.3) is 0 Å². The normalized spacial score (nSPS) is 27.7. The molecule has 0 N–H and O–H groups in total. The average molecular weight is 385 g/mol. The maximum Gasteiger partial charge on any atom is 0.494 e. The number of nitrogens with zero attached hydrogens (tertiary/aromatic N) is 1. The summed E-state index contributed by atoms with van der Waals surface area (Å²) in [7, 11) is -0.384. The van der Waals surface area contributed by atoms with E-state index in [1.165, 1.54) is 11.1 Å². The number of fused-ring (bicyclic) bond motifs is 3. The highest BCUT2D eigenvalue weighted by molar-refractivity contribution is 6.62. The summed E-state index contributed by atoms with van der Waals surface area (Å²) in [5.41, 5.74) is 2.35. The first kappa shape index (κ1) is 19.8. The van der Waals surface area contributed by atoms with Gasteiger partial charge in [0.1, 0.15) is 5.60 Å². The van der Waals surface area contributed by atoms with Crippen molar-refractivity contribution in [1.29, 1.82) is 0 Å². The molecular formula is C22H32BNO4. The molecule has 3 aliphatic rings. The third-order valence-corrected chi connectivity index (χ3v) is 6.65. The van der Waals surface area contributed by atoms with Crippen molar-refractivity contribution in [3.05, 3.63) is 29.3 Å². The predicted octanol–water partition coefficient (Wildman–Crippen LogP) is 3.84. The average Bonchev–Trinajstić information content (AvgIpc) is 3.15. The van der Waals surface area contributed by atoms with Crippen LogP contribution in [-0.4, -0.2) is 41.5 Å². The van der Waals surface area contributed by atoms with E-state index in [0.29, 0.717) is 5.92 Å². The summed E-state index contributed by atoms with van der Waals surface area (Å²) in [6.07, 6.45) is 1.82. The van der Waals surface area contributed by atoms with Gasteiger partial charge in [-0.1, -0.05) is 18.2 Å². The summed E-state index contributed by atoms with van der Waals surface area (Å²) in [6, 6.07) is 6.57. The van der Waals surface area contributed by atoms with Crippen LogP contribution in [0.25, 0.3) is 0 Å². The van der Waals surface area contributed by atoms with E-state index in [2.05, 4.69) is 45.9 Å². The number of benzene rings is 1. The van der Waals surface area contributed by atoms with Crippen LogP contribution in [0.2, 0.25) is 0 Å². The Labute approximate surface area is 168 Å². The molecule has 1 aromatic rings. The Morgan fingerprint density at radius 1 is 1.18 bits per heavy atom. The first-order valence-corrected chi connectivity index (χ1v) is 10.4. The van der Waals surface area contributed by atoms with E-state index in [-0.39, 0.29) is 30.5 Å². The lowest BCUT2D eigenvalue weighted by atomic mass is 9.77. The fourth-order valence-electron chi connectivity index (χ4n) is 4.50. The second-order valence-corrected chi connectivity index (χ2v) is 10.4. The zero-order chi connectivity index (χ0) is 20.5. The van der Waals surface area contributed by atoms with Crippen LogP contribution in [0.1, 0.15) is 72.1 Å². The van der Waals surface area contributed by atoms with E-state index < -0.39 is 5.60 Å². The lowest BCUT2D eigenvalue weighted by Gasteiger charge is -2.32. The Hall–Kier alpha value is -1.53. The van der Waals surface area contributed by atoms with Crippen LogP contribution in [-0.2, 0) is 20.5 Å². The fourth-order valence-corrected chi connectivity index (χ4v) is 4.50. The van der Waals surface area contributed by atoms with E-state index >= 15 is 0 Å².